The van der Waals surface area contributed by atoms with Crippen LogP contribution < -0.4 is 19.5 Å². The van der Waals surface area contributed by atoms with Gasteiger partial charge in [-0.2, -0.15) is 5.10 Å². The molecule has 162 valence electrons. The van der Waals surface area contributed by atoms with Crippen LogP contribution in [0.4, 0.5) is 5.82 Å². The first kappa shape index (κ1) is 21.1. The standard InChI is InChI=1S/C23H25N3O4S/c1-13-8-6-7-9-16(13)26-23-20(14(2)25-26)22(31-12-19(27)24-23)15-10-17(28-3)21(30-5)18(11-15)29-4/h6-11,22H,12H2,1-5H3,(H,24,27)/t22-/m0/s1. The van der Waals surface area contributed by atoms with Gasteiger partial charge < -0.3 is 19.5 Å². The number of rotatable bonds is 5. The van der Waals surface area contributed by atoms with Crippen LogP contribution in [0.25, 0.3) is 5.69 Å². The Bertz CT molecular complexity index is 1120. The van der Waals surface area contributed by atoms with Crippen molar-refractivity contribution in [2.45, 2.75) is 19.1 Å². The molecular weight excluding hydrogens is 414 g/mol. The Hall–Kier alpha value is -3.13. The summed E-state index contributed by atoms with van der Waals surface area (Å²) in [4.78, 5) is 12.6. The highest BCUT2D eigenvalue weighted by molar-refractivity contribution is 8.00. The van der Waals surface area contributed by atoms with E-state index in [0.29, 0.717) is 28.8 Å². The van der Waals surface area contributed by atoms with Crippen molar-refractivity contribution >= 4 is 23.5 Å². The number of hydrogen-bond donors (Lipinski definition) is 1. The number of hydrogen-bond acceptors (Lipinski definition) is 6. The second kappa shape index (κ2) is 8.55. The lowest BCUT2D eigenvalue weighted by molar-refractivity contribution is -0.113. The van der Waals surface area contributed by atoms with Crippen LogP contribution >= 0.6 is 11.8 Å². The second-order valence-corrected chi connectivity index (χ2v) is 8.34. The number of fused-ring (bicyclic) bond motifs is 1. The fourth-order valence-electron chi connectivity index (χ4n) is 3.88. The number of ether oxygens (including phenoxy) is 3. The third-order valence-electron chi connectivity index (χ3n) is 5.34. The van der Waals surface area contributed by atoms with Crippen molar-refractivity contribution in [2.24, 2.45) is 0 Å². The molecular formula is C23H25N3O4S. The first-order chi connectivity index (χ1) is 15.0. The Labute approximate surface area is 185 Å². The summed E-state index contributed by atoms with van der Waals surface area (Å²) in [6.07, 6.45) is 0. The summed E-state index contributed by atoms with van der Waals surface area (Å²) in [5, 5.41) is 7.73. The lowest BCUT2D eigenvalue weighted by atomic mass is 10.0. The molecule has 0 saturated heterocycles. The van der Waals surface area contributed by atoms with E-state index in [2.05, 4.69) is 5.32 Å². The molecule has 0 radical (unpaired) electrons. The van der Waals surface area contributed by atoms with E-state index in [1.165, 1.54) is 0 Å². The molecule has 1 N–H and O–H groups in total. The first-order valence-corrected chi connectivity index (χ1v) is 10.9. The van der Waals surface area contributed by atoms with Crippen LogP contribution in [-0.2, 0) is 4.79 Å². The zero-order valence-electron chi connectivity index (χ0n) is 18.2. The molecule has 2 heterocycles. The van der Waals surface area contributed by atoms with Gasteiger partial charge in [-0.15, -0.1) is 11.8 Å². The largest absolute Gasteiger partial charge is 0.493 e. The van der Waals surface area contributed by atoms with Gasteiger partial charge >= 0.3 is 0 Å². The van der Waals surface area contributed by atoms with Gasteiger partial charge in [0.2, 0.25) is 11.7 Å². The molecule has 31 heavy (non-hydrogen) atoms. The second-order valence-electron chi connectivity index (χ2n) is 7.24. The fourth-order valence-corrected chi connectivity index (χ4v) is 5.04. The van der Waals surface area contributed by atoms with Crippen molar-refractivity contribution in [2.75, 3.05) is 32.4 Å². The van der Waals surface area contributed by atoms with Gasteiger partial charge in [0.15, 0.2) is 11.5 Å². The Kier molecular flexibility index (Phi) is 5.82. The number of para-hydroxylation sites is 1. The van der Waals surface area contributed by atoms with Crippen molar-refractivity contribution in [1.29, 1.82) is 0 Å². The topological polar surface area (TPSA) is 74.6 Å². The van der Waals surface area contributed by atoms with Crippen LogP contribution in [0.5, 0.6) is 17.2 Å². The molecule has 1 atom stereocenters. The summed E-state index contributed by atoms with van der Waals surface area (Å²) in [7, 11) is 4.77. The lowest BCUT2D eigenvalue weighted by Crippen LogP contribution is -2.16. The fraction of sp³-hybridized carbons (Fsp3) is 0.304. The van der Waals surface area contributed by atoms with Gasteiger partial charge in [0.25, 0.3) is 0 Å². The quantitative estimate of drug-likeness (QED) is 0.639. The first-order valence-electron chi connectivity index (χ1n) is 9.85. The maximum Gasteiger partial charge on any atom is 0.235 e. The predicted octanol–water partition coefficient (Wildman–Crippen LogP) is 4.29. The summed E-state index contributed by atoms with van der Waals surface area (Å²) in [6.45, 7) is 4.00. The molecule has 0 bridgehead atoms. The molecule has 0 unspecified atom stereocenters. The molecule has 3 aromatic rings. The molecule has 0 spiro atoms. The average molecular weight is 440 g/mol. The maximum atomic E-state index is 12.6. The van der Waals surface area contributed by atoms with Gasteiger partial charge in [0.1, 0.15) is 5.82 Å². The molecule has 1 aliphatic heterocycles. The number of aromatic nitrogens is 2. The SMILES string of the molecule is COc1cc([C@@H]2SCC(=O)Nc3c2c(C)nn3-c2ccccc2C)cc(OC)c1OC. The number of nitrogens with one attached hydrogen (secondary N) is 1. The highest BCUT2D eigenvalue weighted by Gasteiger charge is 2.32. The van der Waals surface area contributed by atoms with E-state index in [1.807, 2.05) is 54.9 Å². The zero-order valence-corrected chi connectivity index (χ0v) is 19.0. The molecule has 0 fully saturated rings. The minimum absolute atomic E-state index is 0.0593. The van der Waals surface area contributed by atoms with E-state index < -0.39 is 0 Å². The monoisotopic (exact) mass is 439 g/mol. The highest BCUT2D eigenvalue weighted by Crippen LogP contribution is 2.48. The van der Waals surface area contributed by atoms with Gasteiger partial charge in [-0.1, -0.05) is 18.2 Å². The lowest BCUT2D eigenvalue weighted by Gasteiger charge is -2.19. The van der Waals surface area contributed by atoms with Crippen LogP contribution in [0, 0.1) is 13.8 Å². The van der Waals surface area contributed by atoms with E-state index in [9.17, 15) is 4.79 Å². The zero-order chi connectivity index (χ0) is 22.1. The Balaban J connectivity index is 1.92. The smallest absolute Gasteiger partial charge is 0.235 e. The van der Waals surface area contributed by atoms with E-state index in [-0.39, 0.29) is 11.2 Å². The summed E-state index contributed by atoms with van der Waals surface area (Å²) in [5.41, 5.74) is 4.77. The van der Waals surface area contributed by atoms with Gasteiger partial charge in [0.05, 0.1) is 43.7 Å². The van der Waals surface area contributed by atoms with Crippen molar-refractivity contribution < 1.29 is 19.0 Å². The predicted molar refractivity (Wildman–Crippen MR) is 122 cm³/mol. The number of aryl methyl sites for hydroxylation is 2. The van der Waals surface area contributed by atoms with Gasteiger partial charge in [-0.05, 0) is 43.2 Å². The number of benzene rings is 2. The Morgan fingerprint density at radius 3 is 2.35 bits per heavy atom. The van der Waals surface area contributed by atoms with Gasteiger partial charge in [-0.25, -0.2) is 4.68 Å². The van der Waals surface area contributed by atoms with Gasteiger partial charge in [0, 0.05) is 5.56 Å². The molecule has 8 heteroatoms. The van der Waals surface area contributed by atoms with E-state index in [1.54, 1.807) is 33.1 Å². The summed E-state index contributed by atoms with van der Waals surface area (Å²) in [6, 6.07) is 11.9. The minimum atomic E-state index is -0.138. The number of methoxy groups -OCH3 is 3. The summed E-state index contributed by atoms with van der Waals surface area (Å²) >= 11 is 1.55. The van der Waals surface area contributed by atoms with Crippen LogP contribution in [0.3, 0.4) is 0 Å². The number of amides is 1. The van der Waals surface area contributed by atoms with Gasteiger partial charge in [-0.3, -0.25) is 4.79 Å². The molecule has 1 amide bonds. The number of anilines is 1. The molecule has 0 saturated carbocycles. The summed E-state index contributed by atoms with van der Waals surface area (Å²) in [5.74, 6) is 2.65. The van der Waals surface area contributed by atoms with E-state index in [0.717, 1.165) is 28.1 Å². The molecule has 2 aromatic carbocycles. The van der Waals surface area contributed by atoms with Crippen LogP contribution in [0.15, 0.2) is 36.4 Å². The van der Waals surface area contributed by atoms with Crippen LogP contribution in [0.2, 0.25) is 0 Å². The number of thioether (sulfide) groups is 1. The number of nitrogens with zero attached hydrogens (tertiary/aromatic N) is 2. The van der Waals surface area contributed by atoms with Crippen molar-refractivity contribution in [3.05, 3.63) is 58.8 Å². The third kappa shape index (κ3) is 3.72. The molecule has 4 rings (SSSR count). The van der Waals surface area contributed by atoms with Crippen LogP contribution in [0.1, 0.15) is 27.6 Å². The van der Waals surface area contributed by atoms with Crippen molar-refractivity contribution in [3.63, 3.8) is 0 Å². The minimum Gasteiger partial charge on any atom is -0.493 e. The Morgan fingerprint density at radius 2 is 1.74 bits per heavy atom. The maximum absolute atomic E-state index is 12.6. The average Bonchev–Trinajstić information content (AvgIpc) is 2.97. The van der Waals surface area contributed by atoms with E-state index >= 15 is 0 Å². The third-order valence-corrected chi connectivity index (χ3v) is 6.61. The number of carbonyl (C=O) groups excluding carboxylic acids is 1. The molecule has 1 aromatic heterocycles. The van der Waals surface area contributed by atoms with Crippen molar-refractivity contribution in [3.8, 4) is 22.9 Å². The molecule has 1 aliphatic rings. The molecule has 0 aliphatic carbocycles. The highest BCUT2D eigenvalue weighted by atomic mass is 32.2. The Morgan fingerprint density at radius 1 is 1.06 bits per heavy atom. The van der Waals surface area contributed by atoms with E-state index in [4.69, 9.17) is 19.3 Å². The van der Waals surface area contributed by atoms with Crippen LogP contribution in [-0.4, -0.2) is 42.8 Å². The van der Waals surface area contributed by atoms with Crippen molar-refractivity contribution in [1.82, 2.24) is 9.78 Å². The summed E-state index contributed by atoms with van der Waals surface area (Å²) < 4.78 is 18.4. The number of carbonyl (C=O) groups is 1. The molecule has 7 nitrogen and oxygen atoms in total. The normalized spacial score (nSPS) is 15.6.